The van der Waals surface area contributed by atoms with Crippen LogP contribution in [0.4, 0.5) is 5.69 Å². The fourth-order valence-corrected chi connectivity index (χ4v) is 3.25. The number of pyridine rings is 1. The lowest BCUT2D eigenvalue weighted by molar-refractivity contribution is -0.143. The van der Waals surface area contributed by atoms with Gasteiger partial charge in [-0.3, -0.25) is 14.7 Å². The van der Waals surface area contributed by atoms with Gasteiger partial charge in [0.25, 0.3) is 0 Å². The Morgan fingerprint density at radius 1 is 1.24 bits per heavy atom. The van der Waals surface area contributed by atoms with Gasteiger partial charge in [-0.25, -0.2) is 4.79 Å². The van der Waals surface area contributed by atoms with E-state index in [1.807, 2.05) is 55.6 Å². The van der Waals surface area contributed by atoms with E-state index in [9.17, 15) is 9.59 Å². The number of carbonyl (C=O) groups excluding carboxylic acids is 2. The maximum absolute atomic E-state index is 13.2. The number of rotatable bonds is 6. The Morgan fingerprint density at radius 2 is 2.00 bits per heavy atom. The Balaban J connectivity index is 1.87. The highest BCUT2D eigenvalue weighted by molar-refractivity contribution is 6.02. The van der Waals surface area contributed by atoms with Crippen LogP contribution in [0.1, 0.15) is 31.2 Å². The van der Waals surface area contributed by atoms with E-state index in [4.69, 9.17) is 4.74 Å². The predicted molar refractivity (Wildman–Crippen MR) is 95.1 cm³/mol. The van der Waals surface area contributed by atoms with Gasteiger partial charge in [-0.2, -0.15) is 0 Å². The van der Waals surface area contributed by atoms with Crippen molar-refractivity contribution in [2.24, 2.45) is 5.92 Å². The van der Waals surface area contributed by atoms with Gasteiger partial charge in [0, 0.05) is 24.0 Å². The second kappa shape index (κ2) is 7.47. The van der Waals surface area contributed by atoms with Gasteiger partial charge in [-0.1, -0.05) is 31.2 Å². The first-order valence-electron chi connectivity index (χ1n) is 8.53. The van der Waals surface area contributed by atoms with Crippen LogP contribution in [0.25, 0.3) is 0 Å². The first-order chi connectivity index (χ1) is 12.2. The Kier molecular flexibility index (Phi) is 5.12. The molecule has 5 nitrogen and oxygen atoms in total. The summed E-state index contributed by atoms with van der Waals surface area (Å²) in [6.07, 6.45) is 4.81. The zero-order valence-electron chi connectivity index (χ0n) is 14.5. The van der Waals surface area contributed by atoms with Crippen molar-refractivity contribution in [2.45, 2.75) is 31.7 Å². The van der Waals surface area contributed by atoms with E-state index in [2.05, 4.69) is 4.98 Å². The Labute approximate surface area is 147 Å². The van der Waals surface area contributed by atoms with Gasteiger partial charge in [-0.05, 0) is 42.5 Å². The zero-order valence-corrected chi connectivity index (χ0v) is 14.5. The number of anilines is 1. The van der Waals surface area contributed by atoms with Gasteiger partial charge in [0.05, 0.1) is 7.11 Å². The van der Waals surface area contributed by atoms with Crippen molar-refractivity contribution in [3.8, 4) is 0 Å². The first-order valence-corrected chi connectivity index (χ1v) is 8.53. The van der Waals surface area contributed by atoms with Crippen molar-refractivity contribution in [1.29, 1.82) is 0 Å². The fourth-order valence-electron chi connectivity index (χ4n) is 3.25. The number of hydrogen-bond acceptors (Lipinski definition) is 4. The highest BCUT2D eigenvalue weighted by Crippen LogP contribution is 2.49. The van der Waals surface area contributed by atoms with E-state index >= 15 is 0 Å². The zero-order chi connectivity index (χ0) is 17.8. The number of hydrogen-bond donors (Lipinski definition) is 0. The summed E-state index contributed by atoms with van der Waals surface area (Å²) in [5.74, 6) is -0.374. The van der Waals surface area contributed by atoms with E-state index < -0.39 is 12.0 Å². The molecule has 1 amide bonds. The van der Waals surface area contributed by atoms with Gasteiger partial charge in [0.15, 0.2) is 0 Å². The molecule has 3 unspecified atom stereocenters. The number of nitrogens with zero attached hydrogens (tertiary/aromatic N) is 2. The van der Waals surface area contributed by atoms with Crippen LogP contribution in [0.5, 0.6) is 0 Å². The highest BCUT2D eigenvalue weighted by atomic mass is 16.5. The summed E-state index contributed by atoms with van der Waals surface area (Å²) in [4.78, 5) is 31.2. The number of esters is 1. The third kappa shape index (κ3) is 3.55. The first kappa shape index (κ1) is 17.1. The lowest BCUT2D eigenvalue weighted by atomic mass is 10.1. The molecule has 1 aliphatic carbocycles. The number of ether oxygens (including phenoxy) is 1. The molecule has 5 heteroatoms. The van der Waals surface area contributed by atoms with Gasteiger partial charge >= 0.3 is 5.97 Å². The smallest absolute Gasteiger partial charge is 0.328 e. The molecule has 1 saturated carbocycles. The van der Waals surface area contributed by atoms with Gasteiger partial charge in [-0.15, -0.1) is 0 Å². The molecule has 1 heterocycles. The van der Waals surface area contributed by atoms with Crippen LogP contribution >= 0.6 is 0 Å². The third-order valence-corrected chi connectivity index (χ3v) is 4.66. The summed E-state index contributed by atoms with van der Waals surface area (Å²) in [5, 5.41) is 0. The minimum absolute atomic E-state index is 0.0303. The SMILES string of the molecule is CCC(C(=O)OC)N(C(=O)C1CC1c1cccnc1)c1ccccc1. The molecule has 130 valence electrons. The minimum Gasteiger partial charge on any atom is -0.467 e. The van der Waals surface area contributed by atoms with Gasteiger partial charge in [0.1, 0.15) is 6.04 Å². The summed E-state index contributed by atoms with van der Waals surface area (Å²) in [7, 11) is 1.36. The second-order valence-corrected chi connectivity index (χ2v) is 6.23. The summed E-state index contributed by atoms with van der Waals surface area (Å²) >= 11 is 0. The molecular formula is C20H22N2O3. The predicted octanol–water partition coefficient (Wildman–Crippen LogP) is 3.17. The van der Waals surface area contributed by atoms with Crippen LogP contribution in [0.2, 0.25) is 0 Å². The van der Waals surface area contributed by atoms with Crippen molar-refractivity contribution < 1.29 is 14.3 Å². The van der Waals surface area contributed by atoms with Crippen molar-refractivity contribution in [1.82, 2.24) is 4.98 Å². The molecule has 1 aromatic carbocycles. The molecule has 0 N–H and O–H groups in total. The summed E-state index contributed by atoms with van der Waals surface area (Å²) in [5.41, 5.74) is 1.79. The van der Waals surface area contributed by atoms with E-state index in [1.54, 1.807) is 11.1 Å². The molecule has 1 aromatic heterocycles. The minimum atomic E-state index is -0.616. The van der Waals surface area contributed by atoms with Crippen molar-refractivity contribution in [3.63, 3.8) is 0 Å². The highest BCUT2D eigenvalue weighted by Gasteiger charge is 2.48. The third-order valence-electron chi connectivity index (χ3n) is 4.66. The van der Waals surface area contributed by atoms with Crippen molar-refractivity contribution in [2.75, 3.05) is 12.0 Å². The number of amides is 1. The second-order valence-electron chi connectivity index (χ2n) is 6.23. The average Bonchev–Trinajstić information content (AvgIpc) is 3.47. The molecule has 0 spiro atoms. The normalized spacial score (nSPS) is 19.8. The maximum Gasteiger partial charge on any atom is 0.328 e. The summed E-state index contributed by atoms with van der Waals surface area (Å²) in [6.45, 7) is 1.89. The molecule has 1 aliphatic rings. The lowest BCUT2D eigenvalue weighted by Crippen LogP contribution is -2.46. The molecule has 2 aromatic rings. The van der Waals surface area contributed by atoms with Crippen molar-refractivity contribution >= 4 is 17.6 Å². The Morgan fingerprint density at radius 3 is 2.60 bits per heavy atom. The van der Waals surface area contributed by atoms with E-state index in [1.165, 1.54) is 7.11 Å². The molecule has 1 fully saturated rings. The summed E-state index contributed by atoms with van der Waals surface area (Å²) in [6, 6.07) is 12.6. The Hall–Kier alpha value is -2.69. The number of para-hydroxylation sites is 1. The monoisotopic (exact) mass is 338 g/mol. The molecule has 0 bridgehead atoms. The van der Waals surface area contributed by atoms with E-state index in [0.717, 1.165) is 17.7 Å². The standard InChI is InChI=1S/C20H22N2O3/c1-3-18(20(24)25-2)22(15-9-5-4-6-10-15)19(23)17-12-16(17)14-8-7-11-21-13-14/h4-11,13,16-18H,3,12H2,1-2H3. The average molecular weight is 338 g/mol. The largest absolute Gasteiger partial charge is 0.467 e. The molecule has 0 aliphatic heterocycles. The molecule has 0 saturated heterocycles. The fraction of sp³-hybridized carbons (Fsp3) is 0.350. The number of aromatic nitrogens is 1. The van der Waals surface area contributed by atoms with Crippen LogP contribution in [0.15, 0.2) is 54.9 Å². The lowest BCUT2D eigenvalue weighted by Gasteiger charge is -2.29. The van der Waals surface area contributed by atoms with Crippen LogP contribution in [-0.4, -0.2) is 30.0 Å². The Bertz CT molecular complexity index is 733. The quantitative estimate of drug-likeness (QED) is 0.759. The van der Waals surface area contributed by atoms with Gasteiger partial charge < -0.3 is 4.74 Å². The van der Waals surface area contributed by atoms with E-state index in [-0.39, 0.29) is 17.7 Å². The van der Waals surface area contributed by atoms with Crippen LogP contribution in [0, 0.1) is 5.92 Å². The number of carbonyl (C=O) groups is 2. The number of benzene rings is 1. The number of methoxy groups -OCH3 is 1. The van der Waals surface area contributed by atoms with Crippen LogP contribution < -0.4 is 4.90 Å². The maximum atomic E-state index is 13.2. The topological polar surface area (TPSA) is 59.5 Å². The molecule has 3 atom stereocenters. The molecular weight excluding hydrogens is 316 g/mol. The van der Waals surface area contributed by atoms with Crippen molar-refractivity contribution in [3.05, 3.63) is 60.4 Å². The molecule has 3 rings (SSSR count). The van der Waals surface area contributed by atoms with Crippen LogP contribution in [0.3, 0.4) is 0 Å². The molecule has 0 radical (unpaired) electrons. The van der Waals surface area contributed by atoms with E-state index in [0.29, 0.717) is 6.42 Å². The molecule has 25 heavy (non-hydrogen) atoms. The van der Waals surface area contributed by atoms with Crippen LogP contribution in [-0.2, 0) is 14.3 Å². The van der Waals surface area contributed by atoms with Gasteiger partial charge in [0.2, 0.25) is 5.91 Å². The summed E-state index contributed by atoms with van der Waals surface area (Å²) < 4.78 is 4.92.